The van der Waals surface area contributed by atoms with E-state index in [1.165, 1.54) is 0 Å². The molecule has 96 valence electrons. The summed E-state index contributed by atoms with van der Waals surface area (Å²) in [4.78, 5) is 10.6. The van der Waals surface area contributed by atoms with Gasteiger partial charge in [-0.3, -0.25) is 5.32 Å². The summed E-state index contributed by atoms with van der Waals surface area (Å²) in [7, 11) is 0. The Labute approximate surface area is 91.8 Å². The topological polar surface area (TPSA) is 58.6 Å². The number of carboxylic acids is 1. The van der Waals surface area contributed by atoms with E-state index in [2.05, 4.69) is 0 Å². The lowest BCUT2D eigenvalue weighted by Crippen LogP contribution is -2.60. The van der Waals surface area contributed by atoms with Crippen molar-refractivity contribution < 1.29 is 27.8 Å². The van der Waals surface area contributed by atoms with Crippen molar-refractivity contribution in [1.82, 2.24) is 5.32 Å². The summed E-state index contributed by atoms with van der Waals surface area (Å²) in [6, 6.07) is 0. The van der Waals surface area contributed by atoms with Crippen LogP contribution in [0.25, 0.3) is 0 Å². The Balaban J connectivity index is 4.32. The average Bonchev–Trinajstić information content (AvgIpc) is 2.09. The minimum atomic E-state index is -4.85. The zero-order chi connectivity index (χ0) is 13.0. The molecule has 0 fully saturated rings. The van der Waals surface area contributed by atoms with Gasteiger partial charge in [0.2, 0.25) is 5.54 Å². The van der Waals surface area contributed by atoms with Gasteiger partial charge in [-0.25, -0.2) is 4.79 Å². The largest absolute Gasteiger partial charge is 0.480 e. The lowest BCUT2D eigenvalue weighted by Gasteiger charge is -2.28. The Morgan fingerprint density at radius 3 is 2.25 bits per heavy atom. The monoisotopic (exact) mass is 243 g/mol. The molecule has 0 rings (SSSR count). The van der Waals surface area contributed by atoms with Crippen LogP contribution in [0.15, 0.2) is 0 Å². The van der Waals surface area contributed by atoms with Crippen molar-refractivity contribution >= 4 is 5.97 Å². The minimum absolute atomic E-state index is 0.0244. The number of alkyl halides is 3. The molecule has 4 nitrogen and oxygen atoms in total. The first-order chi connectivity index (χ1) is 7.11. The molecule has 0 amide bonds. The van der Waals surface area contributed by atoms with Crippen LogP contribution in [-0.2, 0) is 9.53 Å². The van der Waals surface area contributed by atoms with E-state index in [0.717, 1.165) is 0 Å². The molecule has 1 unspecified atom stereocenters. The van der Waals surface area contributed by atoms with E-state index in [9.17, 15) is 18.0 Å². The summed E-state index contributed by atoms with van der Waals surface area (Å²) in [5.41, 5.74) is -2.94. The lowest BCUT2D eigenvalue weighted by atomic mass is 10.0. The van der Waals surface area contributed by atoms with E-state index < -0.39 is 17.7 Å². The third kappa shape index (κ3) is 3.97. The minimum Gasteiger partial charge on any atom is -0.480 e. The highest BCUT2D eigenvalue weighted by molar-refractivity contribution is 5.79. The van der Waals surface area contributed by atoms with Crippen LogP contribution in [0.3, 0.4) is 0 Å². The van der Waals surface area contributed by atoms with Gasteiger partial charge in [0.1, 0.15) is 0 Å². The number of halogens is 3. The van der Waals surface area contributed by atoms with Gasteiger partial charge in [-0.2, -0.15) is 13.2 Å². The quantitative estimate of drug-likeness (QED) is 0.692. The van der Waals surface area contributed by atoms with Crippen molar-refractivity contribution in [1.29, 1.82) is 0 Å². The van der Waals surface area contributed by atoms with Gasteiger partial charge in [0.15, 0.2) is 0 Å². The van der Waals surface area contributed by atoms with Crippen molar-refractivity contribution in [2.45, 2.75) is 38.6 Å². The van der Waals surface area contributed by atoms with E-state index in [0.29, 0.717) is 6.92 Å². The van der Waals surface area contributed by atoms with Crippen molar-refractivity contribution in [3.8, 4) is 0 Å². The van der Waals surface area contributed by atoms with Crippen LogP contribution in [-0.4, -0.2) is 42.0 Å². The SMILES string of the molecule is CC(C)OCCNC(C)(C(=O)O)C(F)(F)F. The molecule has 0 saturated heterocycles. The Kier molecular flexibility index (Phi) is 5.21. The second-order valence-corrected chi connectivity index (χ2v) is 3.77. The van der Waals surface area contributed by atoms with Gasteiger partial charge in [-0.15, -0.1) is 0 Å². The summed E-state index contributed by atoms with van der Waals surface area (Å²) < 4.78 is 42.4. The summed E-state index contributed by atoms with van der Waals surface area (Å²) >= 11 is 0. The molecular weight excluding hydrogens is 227 g/mol. The zero-order valence-electron chi connectivity index (χ0n) is 9.39. The molecule has 0 bridgehead atoms. The second-order valence-electron chi connectivity index (χ2n) is 3.77. The van der Waals surface area contributed by atoms with Crippen LogP contribution in [0.2, 0.25) is 0 Å². The fourth-order valence-electron chi connectivity index (χ4n) is 0.893. The van der Waals surface area contributed by atoms with E-state index in [1.54, 1.807) is 13.8 Å². The van der Waals surface area contributed by atoms with Gasteiger partial charge in [0.05, 0.1) is 12.7 Å². The fraction of sp³-hybridized carbons (Fsp3) is 0.889. The number of carbonyl (C=O) groups is 1. The van der Waals surface area contributed by atoms with Gasteiger partial charge < -0.3 is 9.84 Å². The van der Waals surface area contributed by atoms with Gasteiger partial charge in [0.25, 0.3) is 0 Å². The van der Waals surface area contributed by atoms with E-state index in [1.807, 2.05) is 5.32 Å². The molecule has 0 aliphatic rings. The van der Waals surface area contributed by atoms with Crippen molar-refractivity contribution in [2.24, 2.45) is 0 Å². The molecule has 16 heavy (non-hydrogen) atoms. The fourth-order valence-corrected chi connectivity index (χ4v) is 0.893. The maximum atomic E-state index is 12.5. The highest BCUT2D eigenvalue weighted by Crippen LogP contribution is 2.30. The molecule has 0 saturated carbocycles. The summed E-state index contributed by atoms with van der Waals surface area (Å²) in [5.74, 6) is -1.95. The maximum absolute atomic E-state index is 12.5. The lowest BCUT2D eigenvalue weighted by molar-refractivity contribution is -0.206. The second kappa shape index (κ2) is 5.49. The third-order valence-corrected chi connectivity index (χ3v) is 2.03. The van der Waals surface area contributed by atoms with Gasteiger partial charge in [-0.05, 0) is 20.8 Å². The summed E-state index contributed by atoms with van der Waals surface area (Å²) in [6.07, 6.45) is -4.96. The first kappa shape index (κ1) is 15.2. The first-order valence-corrected chi connectivity index (χ1v) is 4.78. The van der Waals surface area contributed by atoms with E-state index in [-0.39, 0.29) is 19.3 Å². The van der Waals surface area contributed by atoms with Crippen molar-refractivity contribution in [2.75, 3.05) is 13.2 Å². The van der Waals surface area contributed by atoms with Gasteiger partial charge in [-0.1, -0.05) is 0 Å². The third-order valence-electron chi connectivity index (χ3n) is 2.03. The van der Waals surface area contributed by atoms with Crippen LogP contribution in [0.4, 0.5) is 13.2 Å². The number of nitrogens with one attached hydrogen (secondary N) is 1. The maximum Gasteiger partial charge on any atom is 0.417 e. The molecule has 0 aliphatic heterocycles. The molecule has 2 N–H and O–H groups in total. The molecule has 0 aromatic rings. The molecule has 0 aliphatic carbocycles. The van der Waals surface area contributed by atoms with E-state index >= 15 is 0 Å². The van der Waals surface area contributed by atoms with Gasteiger partial charge in [0, 0.05) is 6.54 Å². The van der Waals surface area contributed by atoms with Crippen LogP contribution in [0, 0.1) is 0 Å². The van der Waals surface area contributed by atoms with Crippen LogP contribution < -0.4 is 5.32 Å². The highest BCUT2D eigenvalue weighted by Gasteiger charge is 2.56. The predicted octanol–water partition coefficient (Wildman–Crippen LogP) is 1.41. The van der Waals surface area contributed by atoms with Crippen LogP contribution >= 0.6 is 0 Å². The van der Waals surface area contributed by atoms with Gasteiger partial charge >= 0.3 is 12.1 Å². The molecule has 0 aromatic heterocycles. The number of carboxylic acid groups (broad SMARTS) is 1. The average molecular weight is 243 g/mol. The molecular formula is C9H16F3NO3. The Morgan fingerprint density at radius 2 is 1.94 bits per heavy atom. The van der Waals surface area contributed by atoms with Crippen LogP contribution in [0.5, 0.6) is 0 Å². The highest BCUT2D eigenvalue weighted by atomic mass is 19.4. The Hall–Kier alpha value is -0.820. The summed E-state index contributed by atoms with van der Waals surface area (Å²) in [6.45, 7) is 3.90. The van der Waals surface area contributed by atoms with Crippen molar-refractivity contribution in [3.05, 3.63) is 0 Å². The smallest absolute Gasteiger partial charge is 0.417 e. The molecule has 0 heterocycles. The Bertz CT molecular complexity index is 243. The zero-order valence-corrected chi connectivity index (χ0v) is 9.39. The van der Waals surface area contributed by atoms with E-state index in [4.69, 9.17) is 9.84 Å². The number of ether oxygens (including phenoxy) is 1. The molecule has 1 atom stereocenters. The molecule has 0 aromatic carbocycles. The summed E-state index contributed by atoms with van der Waals surface area (Å²) in [5, 5.41) is 10.5. The van der Waals surface area contributed by atoms with Crippen LogP contribution in [0.1, 0.15) is 20.8 Å². The Morgan fingerprint density at radius 1 is 1.44 bits per heavy atom. The molecule has 0 radical (unpaired) electrons. The predicted molar refractivity (Wildman–Crippen MR) is 51.2 cm³/mol. The molecule has 0 spiro atoms. The van der Waals surface area contributed by atoms with Crippen molar-refractivity contribution in [3.63, 3.8) is 0 Å². The number of aliphatic carboxylic acids is 1. The molecule has 7 heteroatoms. The first-order valence-electron chi connectivity index (χ1n) is 4.78. The number of hydrogen-bond acceptors (Lipinski definition) is 3. The normalized spacial score (nSPS) is 16.2. The standard InChI is InChI=1S/C9H16F3NO3/c1-6(2)16-5-4-13-8(3,7(14)15)9(10,11)12/h6,13H,4-5H2,1-3H3,(H,14,15). The number of hydrogen-bond donors (Lipinski definition) is 2. The number of rotatable bonds is 6.